The topological polar surface area (TPSA) is 16.4 Å². The van der Waals surface area contributed by atoms with Crippen LogP contribution in [0.3, 0.4) is 0 Å². The van der Waals surface area contributed by atoms with Gasteiger partial charge in [0.25, 0.3) is 0 Å². The van der Waals surface area contributed by atoms with E-state index in [4.69, 9.17) is 4.42 Å². The zero-order valence-electron chi connectivity index (χ0n) is 39.6. The molecule has 2 saturated carbocycles. The molecule has 0 saturated heterocycles. The van der Waals surface area contributed by atoms with E-state index in [2.05, 4.69) is 193 Å². The van der Waals surface area contributed by atoms with Gasteiger partial charge >= 0.3 is 0 Å². The van der Waals surface area contributed by atoms with Gasteiger partial charge in [0.05, 0.1) is 11.1 Å². The summed E-state index contributed by atoms with van der Waals surface area (Å²) in [5.41, 5.74) is 21.1. The van der Waals surface area contributed by atoms with Crippen molar-refractivity contribution in [3.63, 3.8) is 0 Å². The molecule has 9 aromatic carbocycles. The molecule has 0 amide bonds. The lowest BCUT2D eigenvalue weighted by atomic mass is 9.69. The Kier molecular flexibility index (Phi) is 8.41. The molecule has 14 rings (SSSR count). The van der Waals surface area contributed by atoms with E-state index in [-0.39, 0.29) is 0 Å². The molecule has 0 atom stereocenters. The van der Waals surface area contributed by atoms with Gasteiger partial charge in [0.15, 0.2) is 0 Å². The van der Waals surface area contributed by atoms with Crippen LogP contribution in [0.2, 0.25) is 0 Å². The van der Waals surface area contributed by atoms with Crippen molar-refractivity contribution in [2.45, 2.75) is 68.6 Å². The standard InChI is InChI=1S/C65H51NO/c1-2-19-44(20-3-1)50-21-9-12-27-62(50)66(48-33-29-45(30-34-48)51-24-14-25-57-56-23-10-13-28-63(56)67-64(51)57)49-35-38-55-52-22-8-11-26-58(52)65(61(55)41-49)59-39-46(42-15-4-5-16-42)31-36-53(59)54-37-32-47(40-60(54)65)43-17-6-7-18-43/h1-3,8-14,19-43H,4-7,15-18H2/i42D,43D. The molecule has 0 aliphatic heterocycles. The molecule has 0 radical (unpaired) electrons. The van der Waals surface area contributed by atoms with Crippen LogP contribution in [0.4, 0.5) is 17.1 Å². The predicted octanol–water partition coefficient (Wildman–Crippen LogP) is 18.0. The Balaban J connectivity index is 1.01. The number of rotatable bonds is 7. The van der Waals surface area contributed by atoms with Crippen molar-refractivity contribution in [2.24, 2.45) is 0 Å². The van der Waals surface area contributed by atoms with E-state index >= 15 is 0 Å². The first kappa shape index (κ1) is 36.8. The highest BCUT2D eigenvalue weighted by molar-refractivity contribution is 6.09. The molecule has 10 aromatic rings. The zero-order chi connectivity index (χ0) is 45.9. The minimum Gasteiger partial charge on any atom is -0.455 e. The summed E-state index contributed by atoms with van der Waals surface area (Å²) in [6, 6.07) is 73.6. The summed E-state index contributed by atoms with van der Waals surface area (Å²) in [5, 5.41) is 2.25. The Morgan fingerprint density at radius 1 is 0.403 bits per heavy atom. The summed E-state index contributed by atoms with van der Waals surface area (Å²) >= 11 is 0. The van der Waals surface area contributed by atoms with Gasteiger partial charge in [0.2, 0.25) is 0 Å². The summed E-state index contributed by atoms with van der Waals surface area (Å²) in [4.78, 5) is 2.45. The molecule has 322 valence electrons. The van der Waals surface area contributed by atoms with Crippen molar-refractivity contribution in [1.29, 1.82) is 0 Å². The van der Waals surface area contributed by atoms with Crippen LogP contribution in [0, 0.1) is 0 Å². The van der Waals surface area contributed by atoms with Crippen LogP contribution in [0.1, 0.15) is 99.3 Å². The molecule has 0 unspecified atom stereocenters. The van der Waals surface area contributed by atoms with E-state index < -0.39 is 17.2 Å². The third kappa shape index (κ3) is 5.88. The lowest BCUT2D eigenvalue weighted by Crippen LogP contribution is -2.26. The highest BCUT2D eigenvalue weighted by Crippen LogP contribution is 2.64. The molecule has 1 heterocycles. The maximum atomic E-state index is 9.84. The van der Waals surface area contributed by atoms with Gasteiger partial charge in [-0.1, -0.05) is 189 Å². The van der Waals surface area contributed by atoms with Gasteiger partial charge in [-0.05, 0) is 141 Å². The number of anilines is 3. The molecular formula is C65H51NO. The quantitative estimate of drug-likeness (QED) is 0.159. The SMILES string of the molecule is [2H]C1(c2ccc3c(c2)C2(c4ccccc4-c4ccc(N(c5ccc(-c6cccc7c6oc6ccccc67)cc5)c5ccccc5-c5ccccc5)cc42)c2cc(C4([2H])CCCC4)ccc2-3)CCCC1. The fraction of sp³-hybridized carbons (Fsp3) is 0.169. The molecule has 2 fully saturated rings. The van der Waals surface area contributed by atoms with Gasteiger partial charge in [-0.2, -0.15) is 0 Å². The van der Waals surface area contributed by atoms with E-state index in [1.807, 2.05) is 12.1 Å². The highest BCUT2D eigenvalue weighted by Gasteiger charge is 2.52. The van der Waals surface area contributed by atoms with Gasteiger partial charge in [0.1, 0.15) is 11.2 Å². The van der Waals surface area contributed by atoms with Crippen molar-refractivity contribution in [3.05, 3.63) is 234 Å². The van der Waals surface area contributed by atoms with Gasteiger partial charge in [-0.15, -0.1) is 0 Å². The summed E-state index contributed by atoms with van der Waals surface area (Å²) in [6.07, 6.45) is 7.90. The summed E-state index contributed by atoms with van der Waals surface area (Å²) in [6.45, 7) is 0. The molecule has 2 heteroatoms. The first-order valence-corrected chi connectivity index (χ1v) is 24.4. The fourth-order valence-electron chi connectivity index (χ4n) is 12.7. The molecule has 0 N–H and O–H groups in total. The summed E-state index contributed by atoms with van der Waals surface area (Å²) in [5.74, 6) is -1.21. The molecule has 4 aliphatic carbocycles. The first-order valence-electron chi connectivity index (χ1n) is 25.4. The number of para-hydroxylation sites is 3. The Morgan fingerprint density at radius 3 is 1.64 bits per heavy atom. The second kappa shape index (κ2) is 15.3. The Bertz CT molecular complexity index is 3600. The normalized spacial score (nSPS) is 17.3. The Morgan fingerprint density at radius 2 is 0.925 bits per heavy atom. The van der Waals surface area contributed by atoms with Crippen LogP contribution in [-0.2, 0) is 5.41 Å². The van der Waals surface area contributed by atoms with Crippen LogP contribution in [0.15, 0.2) is 205 Å². The molecular weight excluding hydrogens is 811 g/mol. The first-order chi connectivity index (χ1) is 33.9. The predicted molar refractivity (Wildman–Crippen MR) is 278 cm³/mol. The second-order valence-electron chi connectivity index (χ2n) is 19.2. The van der Waals surface area contributed by atoms with Gasteiger partial charge < -0.3 is 9.32 Å². The van der Waals surface area contributed by atoms with Gasteiger partial charge in [-0.3, -0.25) is 0 Å². The smallest absolute Gasteiger partial charge is 0.143 e. The fourth-order valence-corrected chi connectivity index (χ4v) is 12.7. The third-order valence-corrected chi connectivity index (χ3v) is 15.7. The van der Waals surface area contributed by atoms with Crippen molar-refractivity contribution in [3.8, 4) is 44.5 Å². The van der Waals surface area contributed by atoms with Gasteiger partial charge in [0, 0.05) is 36.0 Å². The molecule has 67 heavy (non-hydrogen) atoms. The lowest BCUT2D eigenvalue weighted by Gasteiger charge is -2.33. The second-order valence-corrected chi connectivity index (χ2v) is 19.2. The van der Waals surface area contributed by atoms with E-state index in [9.17, 15) is 2.74 Å². The molecule has 2 nitrogen and oxygen atoms in total. The molecule has 0 bridgehead atoms. The van der Waals surface area contributed by atoms with Crippen LogP contribution in [0.5, 0.6) is 0 Å². The third-order valence-electron chi connectivity index (χ3n) is 15.7. The van der Waals surface area contributed by atoms with Crippen LogP contribution < -0.4 is 4.90 Å². The summed E-state index contributed by atoms with van der Waals surface area (Å²) < 4.78 is 26.2. The number of benzene rings is 9. The Hall–Kier alpha value is -7.42. The molecule has 1 spiro atoms. The van der Waals surface area contributed by atoms with Crippen molar-refractivity contribution in [1.82, 2.24) is 0 Å². The van der Waals surface area contributed by atoms with Crippen LogP contribution >= 0.6 is 0 Å². The summed E-state index contributed by atoms with van der Waals surface area (Å²) in [7, 11) is 0. The van der Waals surface area contributed by atoms with Crippen molar-refractivity contribution < 1.29 is 7.16 Å². The number of hydrogen-bond donors (Lipinski definition) is 0. The zero-order valence-corrected chi connectivity index (χ0v) is 37.6. The number of hydrogen-bond acceptors (Lipinski definition) is 2. The highest BCUT2D eigenvalue weighted by atomic mass is 16.3. The van der Waals surface area contributed by atoms with Crippen LogP contribution in [0.25, 0.3) is 66.4 Å². The maximum absolute atomic E-state index is 9.84. The minimum absolute atomic E-state index is 0.603. The van der Waals surface area contributed by atoms with Crippen LogP contribution in [-0.4, -0.2) is 0 Å². The van der Waals surface area contributed by atoms with E-state index in [1.54, 1.807) is 0 Å². The maximum Gasteiger partial charge on any atom is 0.143 e. The number of nitrogens with zero attached hydrogens (tertiary/aromatic N) is 1. The largest absolute Gasteiger partial charge is 0.455 e. The molecule has 1 aromatic heterocycles. The van der Waals surface area contributed by atoms with E-state index in [0.717, 1.165) is 124 Å². The average Bonchev–Trinajstić information content (AvgIpc) is 4.25. The number of fused-ring (bicyclic) bond motifs is 13. The van der Waals surface area contributed by atoms with Crippen molar-refractivity contribution >= 4 is 39.0 Å². The van der Waals surface area contributed by atoms with Crippen molar-refractivity contribution in [2.75, 3.05) is 4.90 Å². The van der Waals surface area contributed by atoms with Gasteiger partial charge in [-0.25, -0.2) is 0 Å². The van der Waals surface area contributed by atoms with E-state index in [1.165, 1.54) is 44.5 Å². The Labute approximate surface area is 396 Å². The monoisotopic (exact) mass is 863 g/mol. The number of furan rings is 1. The lowest BCUT2D eigenvalue weighted by molar-refractivity contribution is 0.670. The molecule has 4 aliphatic rings. The average molecular weight is 864 g/mol. The van der Waals surface area contributed by atoms with E-state index in [0.29, 0.717) is 0 Å². The minimum atomic E-state index is -0.651.